The second-order valence-corrected chi connectivity index (χ2v) is 32.0. The number of nitrogens with zero attached hydrogens (tertiary/aromatic N) is 10. The van der Waals surface area contributed by atoms with Crippen molar-refractivity contribution >= 4 is 29.0 Å². The lowest BCUT2D eigenvalue weighted by Gasteiger charge is -2.40. The van der Waals surface area contributed by atoms with E-state index in [0.29, 0.717) is 30.6 Å². The van der Waals surface area contributed by atoms with Crippen molar-refractivity contribution in [2.45, 2.75) is 145 Å². The number of halogens is 1. The molecule has 0 unspecified atom stereocenters. The predicted molar refractivity (Wildman–Crippen MR) is 464 cm³/mol. The Bertz CT molecular complexity index is 5080. The van der Waals surface area contributed by atoms with Gasteiger partial charge in [-0.2, -0.15) is 0 Å². The van der Waals surface area contributed by atoms with E-state index in [2.05, 4.69) is 257 Å². The second-order valence-electron chi connectivity index (χ2n) is 31.6. The van der Waals surface area contributed by atoms with E-state index in [1.165, 1.54) is 16.7 Å². The molecule has 6 heterocycles. The molecule has 0 saturated carbocycles. The number of aryl methyl sites for hydroxylation is 3. The van der Waals surface area contributed by atoms with Gasteiger partial charge in [0.15, 0.2) is 0 Å². The lowest BCUT2D eigenvalue weighted by atomic mass is 9.84. The van der Waals surface area contributed by atoms with E-state index < -0.39 is 5.24 Å². The molecular formula is C96H110ClN15O3. The number of imidazole rings is 6. The van der Waals surface area contributed by atoms with E-state index in [1.807, 2.05) is 114 Å². The van der Waals surface area contributed by atoms with Crippen LogP contribution in [0.3, 0.4) is 0 Å². The van der Waals surface area contributed by atoms with Crippen LogP contribution in [0.4, 0.5) is 0 Å². The van der Waals surface area contributed by atoms with Gasteiger partial charge in [-0.1, -0.05) is 293 Å². The molecule has 594 valence electrons. The molecule has 0 radical (unpaired) electrons. The molecule has 0 aliphatic heterocycles. The van der Waals surface area contributed by atoms with Gasteiger partial charge in [0.05, 0.1) is 35.2 Å². The smallest absolute Gasteiger partial charge is 0.254 e. The molecule has 0 aliphatic rings. The number of rotatable bonds is 28. The van der Waals surface area contributed by atoms with Gasteiger partial charge in [-0.3, -0.25) is 9.59 Å². The number of aromatic amines is 3. The monoisotopic (exact) mass is 1560 g/mol. The average Bonchev–Trinajstić information content (AvgIpc) is 1.68. The molecule has 0 spiro atoms. The van der Waals surface area contributed by atoms with Crippen molar-refractivity contribution in [3.63, 3.8) is 0 Å². The van der Waals surface area contributed by atoms with E-state index in [4.69, 9.17) is 32.3 Å². The molecule has 14 rings (SSSR count). The van der Waals surface area contributed by atoms with Crippen LogP contribution in [-0.4, -0.2) is 94.0 Å². The summed E-state index contributed by atoms with van der Waals surface area (Å²) in [7, 11) is 0. The summed E-state index contributed by atoms with van der Waals surface area (Å²) in [6, 6.07) is 80.5. The highest BCUT2D eigenvalue weighted by Gasteiger charge is 2.39. The maximum atomic E-state index is 14.2. The molecule has 0 fully saturated rings. The molecule has 1 amide bonds. The van der Waals surface area contributed by atoms with Crippen LogP contribution in [0.1, 0.15) is 178 Å². The van der Waals surface area contributed by atoms with E-state index in [1.54, 1.807) is 42.9 Å². The third-order valence-corrected chi connectivity index (χ3v) is 19.6. The number of unbranched alkanes of at least 4 members (excludes halogenated alkanes) is 1. The van der Waals surface area contributed by atoms with Gasteiger partial charge < -0.3 is 49.4 Å². The van der Waals surface area contributed by atoms with Gasteiger partial charge >= 0.3 is 0 Å². The van der Waals surface area contributed by atoms with Crippen LogP contribution in [0, 0.1) is 16.2 Å². The lowest BCUT2D eigenvalue weighted by Crippen LogP contribution is -2.43. The third-order valence-electron chi connectivity index (χ3n) is 19.4. The van der Waals surface area contributed by atoms with Crippen molar-refractivity contribution in [2.24, 2.45) is 22.0 Å². The van der Waals surface area contributed by atoms with Crippen molar-refractivity contribution in [1.29, 1.82) is 0 Å². The Hall–Kier alpha value is -12.0. The van der Waals surface area contributed by atoms with Gasteiger partial charge in [0.25, 0.3) is 11.1 Å². The molecule has 18 nitrogen and oxygen atoms in total. The fourth-order valence-electron chi connectivity index (χ4n) is 13.4. The zero-order valence-corrected chi connectivity index (χ0v) is 68.5. The van der Waals surface area contributed by atoms with E-state index >= 15 is 0 Å². The summed E-state index contributed by atoms with van der Waals surface area (Å²) >= 11 is 5.16. The standard InChI is InChI=1S/C34H37N5O.C27H33N5.C21H25N3.C7H5ClO.C7H10N2O/c1-34(2,3)31(39(23-13-20-30-35-21-22-36-30)33(40)28-18-11-6-12-19-28)32-37-29(27-16-9-5-10-17-27)25-38(32)24-26-14-7-4-8-15-26;1-27(2,3)25(30-16-10-15-24-28-17-18-29-24)26-31-23(22-13-8-5-9-14-22)20-32(26)19-21-11-6-4-7-12-21;1-21(2,3)19(22)20-23-18(17-12-8-5-9-13-17)15-24(20)14-16-10-6-4-7-11-16;8-7(9)6-4-2-1-3-5-6;10-6-2-1-3-7-8-4-5-9-7/h4-12,14-19,21-22,25,31H,13,20,23-24H2,1-3H3,(H,35,36);4-9,11-14,17-18,20,25,30H,10,15-16,19H2,1-3H3,(H,28,29);4-13,15,19H,14,22H2,1-3H3;1-5H;4-6H,1-3H2,(H,8,9)/t31-;25-;19-;;/m000../s1. The highest BCUT2D eigenvalue weighted by molar-refractivity contribution is 6.67. The van der Waals surface area contributed by atoms with Crippen LogP contribution in [0.2, 0.25) is 0 Å². The van der Waals surface area contributed by atoms with Crippen LogP contribution in [0.5, 0.6) is 0 Å². The summed E-state index contributed by atoms with van der Waals surface area (Å²) in [5.74, 6) is 5.84. The number of benzene rings is 8. The number of nitrogens with two attached hydrogens (primary N) is 1. The largest absolute Gasteiger partial charge is 0.349 e. The van der Waals surface area contributed by atoms with Crippen LogP contribution in [0.25, 0.3) is 33.8 Å². The summed E-state index contributed by atoms with van der Waals surface area (Å²) in [6.45, 7) is 23.6. The maximum Gasteiger partial charge on any atom is 0.254 e. The minimum atomic E-state index is -0.407. The Kier molecular flexibility index (Phi) is 31.8. The minimum Gasteiger partial charge on any atom is -0.349 e. The van der Waals surface area contributed by atoms with Crippen LogP contribution in [0.15, 0.2) is 298 Å². The molecule has 115 heavy (non-hydrogen) atoms. The Morgan fingerprint density at radius 1 is 0.443 bits per heavy atom. The molecule has 19 heteroatoms. The van der Waals surface area contributed by atoms with Crippen LogP contribution >= 0.6 is 11.6 Å². The number of aromatic nitrogens is 12. The Morgan fingerprint density at radius 2 is 0.791 bits per heavy atom. The summed E-state index contributed by atoms with van der Waals surface area (Å²) in [5.41, 5.74) is 17.4. The SMILES string of the molecule is CC(C)(C)[C@@H](N)c1nc(-c2ccccc2)cn1Cc1ccccc1.CC(C)(C)[C@@H](NCCCc1ncc[nH]1)c1nc(-c2ccccc2)cn1Cc1ccccc1.CC(C)(C)[C@H](c1nc(-c2ccccc2)cn1Cc1ccccc1)N(CCCc1ncc[nH]1)C(=O)c1ccccc1.O=C(Cl)c1ccccc1.O=CCCCc1ncc[nH]1. The second kappa shape index (κ2) is 42.8. The van der Waals surface area contributed by atoms with Gasteiger partial charge in [0.2, 0.25) is 0 Å². The highest BCUT2D eigenvalue weighted by Crippen LogP contribution is 2.41. The Balaban J connectivity index is 0.000000166. The average molecular weight is 1560 g/mol. The first-order valence-corrected chi connectivity index (χ1v) is 39.9. The maximum absolute atomic E-state index is 14.2. The summed E-state index contributed by atoms with van der Waals surface area (Å²) in [6.07, 6.45) is 24.1. The highest BCUT2D eigenvalue weighted by atomic mass is 35.5. The Labute approximate surface area is 683 Å². The molecule has 3 atom stereocenters. The van der Waals surface area contributed by atoms with E-state index in [0.717, 1.165) is 133 Å². The first kappa shape index (κ1) is 85.5. The zero-order valence-electron chi connectivity index (χ0n) is 67.7. The number of hydrogen-bond donors (Lipinski definition) is 5. The molecule has 0 bridgehead atoms. The molecule has 6 N–H and O–H groups in total. The lowest BCUT2D eigenvalue weighted by molar-refractivity contribution is -0.107. The topological polar surface area (TPSA) is 232 Å². The van der Waals surface area contributed by atoms with Crippen molar-refractivity contribution in [2.75, 3.05) is 13.1 Å². The Morgan fingerprint density at radius 3 is 1.15 bits per heavy atom. The normalized spacial score (nSPS) is 12.1. The summed E-state index contributed by atoms with van der Waals surface area (Å²) in [4.78, 5) is 73.9. The van der Waals surface area contributed by atoms with Crippen LogP contribution < -0.4 is 11.1 Å². The summed E-state index contributed by atoms with van der Waals surface area (Å²) < 4.78 is 6.73. The first-order chi connectivity index (χ1) is 55.6. The van der Waals surface area contributed by atoms with Crippen molar-refractivity contribution < 1.29 is 14.4 Å². The number of carbonyl (C=O) groups excluding carboxylic acids is 3. The summed E-state index contributed by atoms with van der Waals surface area (Å²) in [5, 5.41) is 3.40. The fourth-order valence-corrected chi connectivity index (χ4v) is 13.5. The van der Waals surface area contributed by atoms with Crippen molar-refractivity contribution in [3.8, 4) is 33.8 Å². The molecule has 6 aromatic heterocycles. The van der Waals surface area contributed by atoms with Gasteiger partial charge in [0.1, 0.15) is 41.2 Å². The molecule has 14 aromatic rings. The number of hydrogen-bond acceptors (Lipinski definition) is 11. The van der Waals surface area contributed by atoms with Crippen molar-refractivity contribution in [1.82, 2.24) is 68.8 Å². The van der Waals surface area contributed by atoms with Gasteiger partial charge in [0, 0.05) is 135 Å². The minimum absolute atomic E-state index is 0.00971. The quantitative estimate of drug-likeness (QED) is 0.0176. The first-order valence-electron chi connectivity index (χ1n) is 39.6. The molecule has 0 saturated heterocycles. The molecule has 0 aliphatic carbocycles. The van der Waals surface area contributed by atoms with Gasteiger partial charge in [-0.15, -0.1) is 0 Å². The number of nitrogens with one attached hydrogen (secondary N) is 4. The van der Waals surface area contributed by atoms with E-state index in [-0.39, 0.29) is 40.3 Å². The predicted octanol–water partition coefficient (Wildman–Crippen LogP) is 20.5. The van der Waals surface area contributed by atoms with Gasteiger partial charge in [-0.05, 0) is 82.5 Å². The molecular weight excluding hydrogens is 1450 g/mol. The van der Waals surface area contributed by atoms with E-state index in [9.17, 15) is 14.4 Å². The zero-order chi connectivity index (χ0) is 81.4. The molecule has 8 aromatic carbocycles. The number of H-pyrrole nitrogens is 3. The van der Waals surface area contributed by atoms with Crippen LogP contribution in [-0.2, 0) is 43.7 Å². The number of aldehydes is 1. The van der Waals surface area contributed by atoms with Gasteiger partial charge in [-0.25, -0.2) is 29.9 Å². The fraction of sp³-hybridized carbons (Fsp3) is 0.281. The number of amides is 1. The third kappa shape index (κ3) is 26.3. The van der Waals surface area contributed by atoms with Crippen molar-refractivity contribution in [3.05, 3.63) is 361 Å². The number of carbonyl (C=O) groups is 3.